The minimum atomic E-state index is -1.18. The summed E-state index contributed by atoms with van der Waals surface area (Å²) in [6.07, 6.45) is 0. The minimum absolute atomic E-state index is 0.00607. The molecule has 0 heterocycles. The number of benzene rings is 2. The molecule has 5 nitrogen and oxygen atoms in total. The second-order valence-electron chi connectivity index (χ2n) is 4.32. The van der Waals surface area contributed by atoms with E-state index in [-0.39, 0.29) is 11.3 Å². The number of nitrogens with one attached hydrogen (secondary N) is 1. The molecule has 0 radical (unpaired) electrons. The van der Waals surface area contributed by atoms with E-state index in [0.717, 1.165) is 0 Å². The lowest BCUT2D eigenvalue weighted by Gasteiger charge is -2.15. The number of phenols is 1. The fourth-order valence-corrected chi connectivity index (χ4v) is 2.19. The largest absolute Gasteiger partial charge is 0.507 e. The van der Waals surface area contributed by atoms with E-state index < -0.39 is 17.9 Å². The Kier molecular flexibility index (Phi) is 4.59. The second-order valence-corrected chi connectivity index (χ2v) is 5.23. The van der Waals surface area contributed by atoms with Crippen LogP contribution in [0.5, 0.6) is 5.75 Å². The van der Waals surface area contributed by atoms with Gasteiger partial charge in [-0.15, -0.1) is 0 Å². The van der Waals surface area contributed by atoms with Gasteiger partial charge in [-0.3, -0.25) is 4.79 Å². The summed E-state index contributed by atoms with van der Waals surface area (Å²) in [5, 5.41) is 21.4. The molecule has 0 aliphatic rings. The van der Waals surface area contributed by atoms with Crippen LogP contribution >= 0.6 is 15.9 Å². The van der Waals surface area contributed by atoms with Crippen LogP contribution in [0.4, 0.5) is 0 Å². The molecule has 0 fully saturated rings. The van der Waals surface area contributed by atoms with E-state index >= 15 is 0 Å². The van der Waals surface area contributed by atoms with Crippen molar-refractivity contribution in [3.63, 3.8) is 0 Å². The zero-order valence-corrected chi connectivity index (χ0v) is 12.4. The molecular formula is C15H12BrNO4. The number of rotatable bonds is 4. The standard InChI is InChI=1S/C15H12BrNO4/c16-10-6-7-12(18)11(8-10)14(19)17-13(15(20)21)9-4-2-1-3-5-9/h1-8,13,18H,(H,17,19)(H,20,21)/t13-/m0/s1. The molecule has 1 amide bonds. The van der Waals surface area contributed by atoms with Crippen molar-refractivity contribution < 1.29 is 19.8 Å². The Hall–Kier alpha value is -2.34. The number of aromatic hydroxyl groups is 1. The summed E-state index contributed by atoms with van der Waals surface area (Å²) in [5.41, 5.74) is 0.458. The number of carbonyl (C=O) groups excluding carboxylic acids is 1. The van der Waals surface area contributed by atoms with Crippen molar-refractivity contribution in [1.29, 1.82) is 0 Å². The van der Waals surface area contributed by atoms with Crippen LogP contribution in [0.25, 0.3) is 0 Å². The Morgan fingerprint density at radius 3 is 2.38 bits per heavy atom. The minimum Gasteiger partial charge on any atom is -0.507 e. The molecule has 2 aromatic rings. The summed E-state index contributed by atoms with van der Waals surface area (Å²) < 4.78 is 0.608. The Balaban J connectivity index is 2.27. The zero-order chi connectivity index (χ0) is 15.4. The van der Waals surface area contributed by atoms with Crippen molar-refractivity contribution in [2.45, 2.75) is 6.04 Å². The van der Waals surface area contributed by atoms with Crippen LogP contribution in [-0.4, -0.2) is 22.1 Å². The molecule has 6 heteroatoms. The first-order chi connectivity index (χ1) is 9.99. The quantitative estimate of drug-likeness (QED) is 0.791. The predicted molar refractivity (Wildman–Crippen MR) is 80.1 cm³/mol. The van der Waals surface area contributed by atoms with Gasteiger partial charge in [0.15, 0.2) is 6.04 Å². The van der Waals surface area contributed by atoms with Gasteiger partial charge in [0.05, 0.1) is 5.56 Å². The number of carboxylic acids is 1. The second kappa shape index (κ2) is 6.41. The summed E-state index contributed by atoms with van der Waals surface area (Å²) in [7, 11) is 0. The van der Waals surface area contributed by atoms with Gasteiger partial charge in [0.2, 0.25) is 0 Å². The van der Waals surface area contributed by atoms with Crippen molar-refractivity contribution >= 4 is 27.8 Å². The molecule has 0 saturated heterocycles. The van der Waals surface area contributed by atoms with E-state index in [4.69, 9.17) is 0 Å². The summed E-state index contributed by atoms with van der Waals surface area (Å²) in [4.78, 5) is 23.5. The fraction of sp³-hybridized carbons (Fsp3) is 0.0667. The number of halogens is 1. The molecule has 1 atom stereocenters. The number of carbonyl (C=O) groups is 2. The van der Waals surface area contributed by atoms with Crippen LogP contribution in [0.1, 0.15) is 22.0 Å². The van der Waals surface area contributed by atoms with Crippen LogP contribution in [0.2, 0.25) is 0 Å². The Morgan fingerprint density at radius 2 is 1.76 bits per heavy atom. The van der Waals surface area contributed by atoms with Gasteiger partial charge in [0.25, 0.3) is 5.91 Å². The molecule has 0 saturated carbocycles. The summed E-state index contributed by atoms with van der Waals surface area (Å²) in [5.74, 6) is -2.05. The third-order valence-corrected chi connectivity index (χ3v) is 3.35. The maximum atomic E-state index is 12.2. The Labute approximate surface area is 129 Å². The monoisotopic (exact) mass is 349 g/mol. The average molecular weight is 350 g/mol. The molecule has 0 aliphatic carbocycles. The van der Waals surface area contributed by atoms with Gasteiger partial charge in [-0.2, -0.15) is 0 Å². The highest BCUT2D eigenvalue weighted by molar-refractivity contribution is 9.10. The highest BCUT2D eigenvalue weighted by atomic mass is 79.9. The molecule has 0 aromatic heterocycles. The average Bonchev–Trinajstić information content (AvgIpc) is 2.47. The highest BCUT2D eigenvalue weighted by Crippen LogP contribution is 2.23. The normalized spacial score (nSPS) is 11.7. The molecule has 0 aliphatic heterocycles. The van der Waals surface area contributed by atoms with E-state index in [1.54, 1.807) is 36.4 Å². The summed E-state index contributed by atoms with van der Waals surface area (Å²) in [6.45, 7) is 0. The number of carboxylic acid groups (broad SMARTS) is 1. The first-order valence-corrected chi connectivity index (χ1v) is 6.85. The maximum absolute atomic E-state index is 12.2. The lowest BCUT2D eigenvalue weighted by molar-refractivity contribution is -0.139. The van der Waals surface area contributed by atoms with Crippen LogP contribution in [0.3, 0.4) is 0 Å². The molecule has 2 rings (SSSR count). The molecule has 2 aromatic carbocycles. The van der Waals surface area contributed by atoms with Crippen molar-refractivity contribution in [1.82, 2.24) is 5.32 Å². The number of hydrogen-bond donors (Lipinski definition) is 3. The van der Waals surface area contributed by atoms with E-state index in [9.17, 15) is 19.8 Å². The summed E-state index contributed by atoms with van der Waals surface area (Å²) in [6, 6.07) is 11.5. The van der Waals surface area contributed by atoms with E-state index in [2.05, 4.69) is 21.2 Å². The predicted octanol–water partition coefficient (Wildman–Crippen LogP) is 2.71. The first-order valence-electron chi connectivity index (χ1n) is 6.06. The Bertz CT molecular complexity index is 673. The fourth-order valence-electron chi connectivity index (χ4n) is 1.83. The van der Waals surface area contributed by atoms with Crippen molar-refractivity contribution in [2.24, 2.45) is 0 Å². The smallest absolute Gasteiger partial charge is 0.330 e. The first kappa shape index (κ1) is 15.1. The maximum Gasteiger partial charge on any atom is 0.330 e. The number of phenolic OH excluding ortho intramolecular Hbond substituents is 1. The highest BCUT2D eigenvalue weighted by Gasteiger charge is 2.23. The molecule has 0 spiro atoms. The van der Waals surface area contributed by atoms with Gasteiger partial charge < -0.3 is 15.5 Å². The molecule has 108 valence electrons. The lowest BCUT2D eigenvalue weighted by atomic mass is 10.1. The Morgan fingerprint density at radius 1 is 1.10 bits per heavy atom. The van der Waals surface area contributed by atoms with E-state index in [1.807, 2.05) is 0 Å². The molecule has 0 unspecified atom stereocenters. The topological polar surface area (TPSA) is 86.6 Å². The zero-order valence-electron chi connectivity index (χ0n) is 10.8. The third kappa shape index (κ3) is 3.61. The van der Waals surface area contributed by atoms with E-state index in [0.29, 0.717) is 10.0 Å². The lowest BCUT2D eigenvalue weighted by Crippen LogP contribution is -2.33. The van der Waals surface area contributed by atoms with Crippen molar-refractivity contribution in [3.05, 3.63) is 64.1 Å². The molecule has 3 N–H and O–H groups in total. The van der Waals surface area contributed by atoms with Crippen LogP contribution < -0.4 is 5.32 Å². The molecule has 21 heavy (non-hydrogen) atoms. The van der Waals surface area contributed by atoms with Gasteiger partial charge in [-0.05, 0) is 23.8 Å². The molecular weight excluding hydrogens is 338 g/mol. The van der Waals surface area contributed by atoms with Gasteiger partial charge in [-0.1, -0.05) is 46.3 Å². The van der Waals surface area contributed by atoms with E-state index in [1.165, 1.54) is 12.1 Å². The SMILES string of the molecule is O=C(N[C@H](C(=O)O)c1ccccc1)c1cc(Br)ccc1O. The van der Waals surface area contributed by atoms with Gasteiger partial charge in [-0.25, -0.2) is 4.79 Å². The number of aliphatic carboxylic acids is 1. The van der Waals surface area contributed by atoms with Gasteiger partial charge >= 0.3 is 5.97 Å². The van der Waals surface area contributed by atoms with Gasteiger partial charge in [0, 0.05) is 4.47 Å². The van der Waals surface area contributed by atoms with Crippen LogP contribution in [-0.2, 0) is 4.79 Å². The number of hydrogen-bond acceptors (Lipinski definition) is 3. The molecule has 0 bridgehead atoms. The third-order valence-electron chi connectivity index (χ3n) is 2.86. The number of amides is 1. The van der Waals surface area contributed by atoms with Crippen LogP contribution in [0, 0.1) is 0 Å². The van der Waals surface area contributed by atoms with Crippen molar-refractivity contribution in [2.75, 3.05) is 0 Å². The summed E-state index contributed by atoms with van der Waals surface area (Å²) >= 11 is 3.20. The van der Waals surface area contributed by atoms with Gasteiger partial charge in [0.1, 0.15) is 5.75 Å². The van der Waals surface area contributed by atoms with Crippen molar-refractivity contribution in [3.8, 4) is 5.75 Å². The van der Waals surface area contributed by atoms with Crippen LogP contribution in [0.15, 0.2) is 53.0 Å².